The van der Waals surface area contributed by atoms with Crippen LogP contribution in [0.15, 0.2) is 12.1 Å². The maximum Gasteiger partial charge on any atom is 0.342 e. The number of ether oxygens (including phenoxy) is 3. The van der Waals surface area contributed by atoms with E-state index in [1.54, 1.807) is 20.3 Å². The van der Waals surface area contributed by atoms with E-state index in [-0.39, 0.29) is 12.1 Å². The molecular formula is C14H18O4. The van der Waals surface area contributed by atoms with Gasteiger partial charge in [0.15, 0.2) is 0 Å². The van der Waals surface area contributed by atoms with E-state index in [1.807, 2.05) is 6.07 Å². The fraction of sp³-hybridized carbons (Fsp3) is 0.500. The van der Waals surface area contributed by atoms with E-state index < -0.39 is 0 Å². The van der Waals surface area contributed by atoms with Crippen LogP contribution in [-0.4, -0.2) is 26.3 Å². The molecule has 0 saturated heterocycles. The van der Waals surface area contributed by atoms with E-state index in [9.17, 15) is 4.79 Å². The number of hydrogen-bond donors (Lipinski definition) is 0. The Morgan fingerprint density at radius 1 is 1.28 bits per heavy atom. The Kier molecular flexibility index (Phi) is 3.75. The van der Waals surface area contributed by atoms with Crippen LogP contribution in [0.5, 0.6) is 11.5 Å². The van der Waals surface area contributed by atoms with Gasteiger partial charge in [-0.15, -0.1) is 0 Å². The minimum atomic E-state index is -0.314. The predicted octanol–water partition coefficient (Wildman–Crippen LogP) is 2.59. The lowest BCUT2D eigenvalue weighted by molar-refractivity contribution is 0.0229. The zero-order chi connectivity index (χ0) is 13.1. The van der Waals surface area contributed by atoms with Crippen LogP contribution in [0.4, 0.5) is 0 Å². The summed E-state index contributed by atoms with van der Waals surface area (Å²) < 4.78 is 16.0. The molecule has 1 unspecified atom stereocenters. The Morgan fingerprint density at radius 3 is 2.56 bits per heavy atom. The number of carbonyl (C=O) groups is 1. The summed E-state index contributed by atoms with van der Waals surface area (Å²) in [6.45, 7) is 2.08. The first-order valence-corrected chi connectivity index (χ1v) is 6.16. The Labute approximate surface area is 107 Å². The normalized spacial score (nSPS) is 17.9. The summed E-state index contributed by atoms with van der Waals surface area (Å²) in [4.78, 5) is 12.1. The zero-order valence-corrected chi connectivity index (χ0v) is 11.0. The topological polar surface area (TPSA) is 44.8 Å². The van der Waals surface area contributed by atoms with Gasteiger partial charge >= 0.3 is 5.97 Å². The Hall–Kier alpha value is -1.71. The van der Waals surface area contributed by atoms with Crippen LogP contribution in [0.2, 0.25) is 0 Å². The highest BCUT2D eigenvalue weighted by atomic mass is 16.5. The lowest BCUT2D eigenvalue weighted by Crippen LogP contribution is -2.28. The number of esters is 1. The quantitative estimate of drug-likeness (QED) is 0.770. The van der Waals surface area contributed by atoms with Crippen molar-refractivity contribution in [3.8, 4) is 11.5 Å². The molecule has 0 bridgehead atoms. The molecule has 1 atom stereocenters. The molecule has 0 aliphatic carbocycles. The minimum Gasteiger partial charge on any atom is -0.496 e. The molecule has 0 radical (unpaired) electrons. The molecule has 18 heavy (non-hydrogen) atoms. The average Bonchev–Trinajstić information content (AvgIpc) is 2.37. The molecule has 0 amide bonds. The summed E-state index contributed by atoms with van der Waals surface area (Å²) in [5.41, 5.74) is 1.40. The minimum absolute atomic E-state index is 0.0593. The second-order valence-corrected chi connectivity index (χ2v) is 4.34. The second kappa shape index (κ2) is 5.29. The summed E-state index contributed by atoms with van der Waals surface area (Å²) >= 11 is 0. The molecule has 0 N–H and O–H groups in total. The highest BCUT2D eigenvalue weighted by Crippen LogP contribution is 2.36. The Balaban J connectivity index is 2.46. The lowest BCUT2D eigenvalue weighted by atomic mass is 9.95. The van der Waals surface area contributed by atoms with Gasteiger partial charge in [-0.3, -0.25) is 0 Å². The maximum absolute atomic E-state index is 12.1. The van der Waals surface area contributed by atoms with E-state index in [0.29, 0.717) is 17.7 Å². The number of fused-ring (bicyclic) bond motifs is 1. The van der Waals surface area contributed by atoms with Gasteiger partial charge in [0.1, 0.15) is 23.2 Å². The number of hydrogen-bond acceptors (Lipinski definition) is 4. The fourth-order valence-electron chi connectivity index (χ4n) is 2.36. The molecular weight excluding hydrogens is 232 g/mol. The molecule has 2 rings (SSSR count). The van der Waals surface area contributed by atoms with Crippen molar-refractivity contribution in [2.24, 2.45) is 0 Å². The number of methoxy groups -OCH3 is 2. The number of carbonyl (C=O) groups excluding carboxylic acids is 1. The number of cyclic esters (lactones) is 1. The van der Waals surface area contributed by atoms with E-state index in [2.05, 4.69) is 6.92 Å². The van der Waals surface area contributed by atoms with Crippen molar-refractivity contribution in [1.29, 1.82) is 0 Å². The smallest absolute Gasteiger partial charge is 0.342 e. The van der Waals surface area contributed by atoms with Gasteiger partial charge in [-0.05, 0) is 18.6 Å². The molecule has 1 aliphatic heterocycles. The highest BCUT2D eigenvalue weighted by Gasteiger charge is 2.31. The van der Waals surface area contributed by atoms with Gasteiger partial charge in [0, 0.05) is 12.0 Å². The largest absolute Gasteiger partial charge is 0.496 e. The summed E-state index contributed by atoms with van der Waals surface area (Å²) in [6, 6.07) is 3.57. The van der Waals surface area contributed by atoms with Crippen molar-refractivity contribution in [2.45, 2.75) is 32.3 Å². The molecule has 4 heteroatoms. The number of rotatable bonds is 4. The van der Waals surface area contributed by atoms with Gasteiger partial charge in [-0.1, -0.05) is 13.3 Å². The molecule has 1 aliphatic rings. The third-order valence-electron chi connectivity index (χ3n) is 3.19. The van der Waals surface area contributed by atoms with Gasteiger partial charge in [-0.25, -0.2) is 4.79 Å². The van der Waals surface area contributed by atoms with Crippen molar-refractivity contribution in [1.82, 2.24) is 0 Å². The van der Waals surface area contributed by atoms with E-state index in [1.165, 1.54) is 0 Å². The summed E-state index contributed by atoms with van der Waals surface area (Å²) in [6.07, 6.45) is 2.48. The van der Waals surface area contributed by atoms with Crippen LogP contribution in [0.3, 0.4) is 0 Å². The van der Waals surface area contributed by atoms with Crippen molar-refractivity contribution >= 4 is 5.97 Å². The molecule has 0 saturated carbocycles. The molecule has 4 nitrogen and oxygen atoms in total. The average molecular weight is 250 g/mol. The van der Waals surface area contributed by atoms with Crippen molar-refractivity contribution in [3.63, 3.8) is 0 Å². The monoisotopic (exact) mass is 250 g/mol. The van der Waals surface area contributed by atoms with Crippen LogP contribution in [0.1, 0.15) is 35.7 Å². The second-order valence-electron chi connectivity index (χ2n) is 4.34. The molecule has 0 spiro atoms. The summed E-state index contributed by atoms with van der Waals surface area (Å²) in [5.74, 6) is 0.958. The third-order valence-corrected chi connectivity index (χ3v) is 3.19. The van der Waals surface area contributed by atoms with Crippen molar-refractivity contribution < 1.29 is 19.0 Å². The molecule has 1 aromatic rings. The van der Waals surface area contributed by atoms with Crippen LogP contribution >= 0.6 is 0 Å². The molecule has 0 aromatic heterocycles. The van der Waals surface area contributed by atoms with Crippen LogP contribution in [-0.2, 0) is 11.2 Å². The first-order chi connectivity index (χ1) is 8.71. The standard InChI is InChI=1S/C14H18O4/c1-4-5-9-8-10-11(16-2)6-7-12(17-3)13(10)14(15)18-9/h6-7,9H,4-5,8H2,1-3H3. The van der Waals surface area contributed by atoms with Crippen molar-refractivity contribution in [3.05, 3.63) is 23.3 Å². The number of benzene rings is 1. The summed E-state index contributed by atoms with van der Waals surface area (Å²) in [5, 5.41) is 0. The highest BCUT2D eigenvalue weighted by molar-refractivity contribution is 5.96. The maximum atomic E-state index is 12.1. The van der Waals surface area contributed by atoms with Gasteiger partial charge in [-0.2, -0.15) is 0 Å². The summed E-state index contributed by atoms with van der Waals surface area (Å²) in [7, 11) is 3.16. The first kappa shape index (κ1) is 12.7. The Morgan fingerprint density at radius 2 is 1.94 bits per heavy atom. The van der Waals surface area contributed by atoms with Crippen LogP contribution in [0.25, 0.3) is 0 Å². The predicted molar refractivity (Wildman–Crippen MR) is 67.4 cm³/mol. The fourth-order valence-corrected chi connectivity index (χ4v) is 2.36. The molecule has 0 fully saturated rings. The third kappa shape index (κ3) is 2.15. The van der Waals surface area contributed by atoms with Gasteiger partial charge in [0.2, 0.25) is 0 Å². The Bertz CT molecular complexity index is 453. The zero-order valence-electron chi connectivity index (χ0n) is 11.0. The van der Waals surface area contributed by atoms with Gasteiger partial charge < -0.3 is 14.2 Å². The van der Waals surface area contributed by atoms with E-state index in [4.69, 9.17) is 14.2 Å². The first-order valence-electron chi connectivity index (χ1n) is 6.16. The lowest BCUT2D eigenvalue weighted by Gasteiger charge is -2.26. The molecule has 1 aromatic carbocycles. The van der Waals surface area contributed by atoms with Crippen LogP contribution in [0, 0.1) is 0 Å². The van der Waals surface area contributed by atoms with E-state index in [0.717, 1.165) is 24.2 Å². The molecule has 98 valence electrons. The van der Waals surface area contributed by atoms with Crippen LogP contribution < -0.4 is 9.47 Å². The van der Waals surface area contributed by atoms with Gasteiger partial charge in [0.25, 0.3) is 0 Å². The molecule has 1 heterocycles. The van der Waals surface area contributed by atoms with Gasteiger partial charge in [0.05, 0.1) is 14.2 Å². The SMILES string of the molecule is CCCC1Cc2c(OC)ccc(OC)c2C(=O)O1. The van der Waals surface area contributed by atoms with E-state index >= 15 is 0 Å². The van der Waals surface area contributed by atoms with Crippen molar-refractivity contribution in [2.75, 3.05) is 14.2 Å².